The maximum Gasteiger partial charge on any atom is 0.243 e. The number of carbonyl (C=O) groups is 1. The van der Waals surface area contributed by atoms with E-state index in [2.05, 4.69) is 57.4 Å². The second-order valence-electron chi connectivity index (χ2n) is 7.32. The van der Waals surface area contributed by atoms with Crippen molar-refractivity contribution in [3.05, 3.63) is 29.8 Å². The van der Waals surface area contributed by atoms with Gasteiger partial charge in [0, 0.05) is 17.3 Å². The van der Waals surface area contributed by atoms with Crippen LogP contribution in [0.1, 0.15) is 52.5 Å². The van der Waals surface area contributed by atoms with Gasteiger partial charge in [-0.25, -0.2) is 0 Å². The smallest absolute Gasteiger partial charge is 0.243 e. The molecule has 1 heterocycles. The molecule has 0 aliphatic carbocycles. The van der Waals surface area contributed by atoms with E-state index in [0.717, 1.165) is 12.1 Å². The third kappa shape index (κ3) is 4.67. The molecule has 0 aromatic heterocycles. The molecule has 4 nitrogen and oxygen atoms in total. The number of hydrogen-bond donors (Lipinski definition) is 2. The van der Waals surface area contributed by atoms with Crippen LogP contribution < -0.4 is 10.6 Å². The molecular weight excluding hydrogens is 306 g/mol. The molecule has 0 spiro atoms. The van der Waals surface area contributed by atoms with Crippen LogP contribution in [0.2, 0.25) is 0 Å². The average Bonchev–Trinajstić information content (AvgIpc) is 2.42. The predicted octanol–water partition coefficient (Wildman–Crippen LogP) is 3.50. The minimum absolute atomic E-state index is 0.0177. The van der Waals surface area contributed by atoms with Crippen LogP contribution in [0.25, 0.3) is 0 Å². The number of carbonyl (C=O) groups excluding carboxylic acids is 1. The minimum Gasteiger partial charge on any atom is -0.358 e. The average molecular weight is 334 g/mol. The summed E-state index contributed by atoms with van der Waals surface area (Å²) in [5, 5.41) is 6.90. The van der Waals surface area contributed by atoms with Crippen molar-refractivity contribution < 1.29 is 4.79 Å². The first-order chi connectivity index (χ1) is 10.7. The standard InChI is InChI=1S/C18H27N3OS/c1-12(2)14-6-8-15(9-7-14)19-16(22)11-21-13(3)10-18(4,5)20-17(21)23/h6-9,12-13H,10-11H2,1-5H3,(H,19,22)(H,20,23)/t13-/m1/s1. The molecule has 0 unspecified atom stereocenters. The van der Waals surface area contributed by atoms with E-state index in [1.54, 1.807) is 0 Å². The van der Waals surface area contributed by atoms with Gasteiger partial charge in [0.25, 0.3) is 0 Å². The summed E-state index contributed by atoms with van der Waals surface area (Å²) < 4.78 is 0. The molecule has 2 rings (SSSR count). The summed E-state index contributed by atoms with van der Waals surface area (Å²) in [4.78, 5) is 14.3. The molecule has 0 saturated carbocycles. The zero-order valence-corrected chi connectivity index (χ0v) is 15.5. The Balaban J connectivity index is 1.95. The normalized spacial score (nSPS) is 20.3. The van der Waals surface area contributed by atoms with E-state index in [-0.39, 0.29) is 24.0 Å². The first kappa shape index (κ1) is 17.7. The topological polar surface area (TPSA) is 44.4 Å². The third-order valence-electron chi connectivity index (χ3n) is 4.22. The van der Waals surface area contributed by atoms with Crippen LogP contribution in [0.15, 0.2) is 24.3 Å². The van der Waals surface area contributed by atoms with Crippen molar-refractivity contribution in [2.45, 2.75) is 58.5 Å². The fraction of sp³-hybridized carbons (Fsp3) is 0.556. The molecule has 1 aromatic rings. The van der Waals surface area contributed by atoms with Gasteiger partial charge in [-0.15, -0.1) is 0 Å². The number of anilines is 1. The lowest BCUT2D eigenvalue weighted by Crippen LogP contribution is -2.61. The van der Waals surface area contributed by atoms with Crippen molar-refractivity contribution in [1.82, 2.24) is 10.2 Å². The summed E-state index contributed by atoms with van der Waals surface area (Å²) in [5.41, 5.74) is 2.07. The molecule has 1 atom stereocenters. The highest BCUT2D eigenvalue weighted by Gasteiger charge is 2.33. The maximum atomic E-state index is 12.3. The first-order valence-electron chi connectivity index (χ1n) is 8.16. The van der Waals surface area contributed by atoms with E-state index >= 15 is 0 Å². The van der Waals surface area contributed by atoms with Crippen LogP contribution in [0.4, 0.5) is 5.69 Å². The van der Waals surface area contributed by atoms with Crippen molar-refractivity contribution in [2.24, 2.45) is 0 Å². The van der Waals surface area contributed by atoms with Crippen LogP contribution in [0, 0.1) is 0 Å². The summed E-state index contributed by atoms with van der Waals surface area (Å²) >= 11 is 5.42. The van der Waals surface area contributed by atoms with Crippen LogP contribution >= 0.6 is 12.2 Å². The summed E-state index contributed by atoms with van der Waals surface area (Å²) in [6.45, 7) is 10.9. The van der Waals surface area contributed by atoms with Gasteiger partial charge in [0.1, 0.15) is 0 Å². The highest BCUT2D eigenvalue weighted by atomic mass is 32.1. The maximum absolute atomic E-state index is 12.3. The number of nitrogens with zero attached hydrogens (tertiary/aromatic N) is 1. The number of rotatable bonds is 4. The predicted molar refractivity (Wildman–Crippen MR) is 99.8 cm³/mol. The quantitative estimate of drug-likeness (QED) is 0.828. The Morgan fingerprint density at radius 3 is 2.52 bits per heavy atom. The Bertz CT molecular complexity index is 580. The van der Waals surface area contributed by atoms with Crippen molar-refractivity contribution in [3.63, 3.8) is 0 Å². The Kier molecular flexibility index (Phi) is 5.30. The Morgan fingerprint density at radius 1 is 1.39 bits per heavy atom. The van der Waals surface area contributed by atoms with Gasteiger partial charge in [-0.3, -0.25) is 4.79 Å². The van der Waals surface area contributed by atoms with Gasteiger partial charge in [-0.1, -0.05) is 26.0 Å². The first-order valence-corrected chi connectivity index (χ1v) is 8.57. The summed E-state index contributed by atoms with van der Waals surface area (Å²) in [5.74, 6) is 0.443. The molecule has 1 fully saturated rings. The highest BCUT2D eigenvalue weighted by Crippen LogP contribution is 2.22. The monoisotopic (exact) mass is 333 g/mol. The molecule has 1 aromatic carbocycles. The molecule has 2 N–H and O–H groups in total. The van der Waals surface area contributed by atoms with Crippen molar-refractivity contribution in [1.29, 1.82) is 0 Å². The molecule has 5 heteroatoms. The van der Waals surface area contributed by atoms with E-state index < -0.39 is 0 Å². The number of benzene rings is 1. The van der Waals surface area contributed by atoms with E-state index in [1.165, 1.54) is 5.56 Å². The van der Waals surface area contributed by atoms with Crippen molar-refractivity contribution >= 4 is 28.9 Å². The molecule has 1 aliphatic heterocycles. The second kappa shape index (κ2) is 6.87. The van der Waals surface area contributed by atoms with E-state index in [4.69, 9.17) is 12.2 Å². The molecule has 0 radical (unpaired) electrons. The molecule has 23 heavy (non-hydrogen) atoms. The van der Waals surface area contributed by atoms with Gasteiger partial charge in [0.15, 0.2) is 5.11 Å². The van der Waals surface area contributed by atoms with Crippen molar-refractivity contribution in [3.8, 4) is 0 Å². The van der Waals surface area contributed by atoms with Crippen LogP contribution in [0.5, 0.6) is 0 Å². The van der Waals surface area contributed by atoms with Crippen LogP contribution in [-0.2, 0) is 4.79 Å². The third-order valence-corrected chi connectivity index (χ3v) is 4.56. The molecule has 1 saturated heterocycles. The number of thiocarbonyl (C=S) groups is 1. The number of nitrogens with one attached hydrogen (secondary N) is 2. The van der Waals surface area contributed by atoms with Gasteiger partial charge >= 0.3 is 0 Å². The lowest BCUT2D eigenvalue weighted by atomic mass is 9.93. The molecule has 126 valence electrons. The zero-order chi connectivity index (χ0) is 17.2. The molecule has 1 aliphatic rings. The lowest BCUT2D eigenvalue weighted by Gasteiger charge is -2.44. The van der Waals surface area contributed by atoms with Gasteiger partial charge in [-0.2, -0.15) is 0 Å². The van der Waals surface area contributed by atoms with Gasteiger partial charge in [-0.05, 0) is 63.0 Å². The molecule has 0 bridgehead atoms. The SMILES string of the molecule is CC(C)c1ccc(NC(=O)CN2C(=S)NC(C)(C)C[C@H]2C)cc1. The Hall–Kier alpha value is -1.62. The van der Waals surface area contributed by atoms with E-state index in [9.17, 15) is 4.79 Å². The Morgan fingerprint density at radius 2 is 2.00 bits per heavy atom. The fourth-order valence-corrected chi connectivity index (χ4v) is 3.52. The van der Waals surface area contributed by atoms with E-state index in [0.29, 0.717) is 11.0 Å². The molecule has 1 amide bonds. The summed E-state index contributed by atoms with van der Waals surface area (Å²) in [6, 6.07) is 8.25. The second-order valence-corrected chi connectivity index (χ2v) is 7.71. The van der Waals surface area contributed by atoms with Crippen molar-refractivity contribution in [2.75, 3.05) is 11.9 Å². The van der Waals surface area contributed by atoms with Gasteiger partial charge < -0.3 is 15.5 Å². The minimum atomic E-state index is -0.0435. The van der Waals surface area contributed by atoms with Gasteiger partial charge in [0.05, 0.1) is 6.54 Å². The highest BCUT2D eigenvalue weighted by molar-refractivity contribution is 7.80. The Labute approximate surface area is 144 Å². The number of amides is 1. The number of hydrogen-bond acceptors (Lipinski definition) is 2. The van der Waals surface area contributed by atoms with E-state index in [1.807, 2.05) is 17.0 Å². The largest absolute Gasteiger partial charge is 0.358 e. The molecular formula is C18H27N3OS. The van der Waals surface area contributed by atoms with Crippen LogP contribution in [0.3, 0.4) is 0 Å². The lowest BCUT2D eigenvalue weighted by molar-refractivity contribution is -0.117. The summed E-state index contributed by atoms with van der Waals surface area (Å²) in [7, 11) is 0. The zero-order valence-electron chi connectivity index (χ0n) is 14.6. The fourth-order valence-electron chi connectivity index (χ4n) is 3.00. The summed E-state index contributed by atoms with van der Waals surface area (Å²) in [6.07, 6.45) is 0.948. The van der Waals surface area contributed by atoms with Crippen LogP contribution in [-0.4, -0.2) is 34.0 Å². The van der Waals surface area contributed by atoms with Gasteiger partial charge in [0.2, 0.25) is 5.91 Å².